The molecule has 33 heavy (non-hydrogen) atoms. The maximum atomic E-state index is 12.9. The molecule has 1 aliphatic rings. The first-order chi connectivity index (χ1) is 16.0. The number of imide groups is 1. The van der Waals surface area contributed by atoms with E-state index >= 15 is 0 Å². The van der Waals surface area contributed by atoms with E-state index in [4.69, 9.17) is 14.2 Å². The van der Waals surface area contributed by atoms with E-state index < -0.39 is 5.97 Å². The first kappa shape index (κ1) is 24.1. The Hall–Kier alpha value is -3.52. The van der Waals surface area contributed by atoms with Crippen LogP contribution in [0.1, 0.15) is 25.0 Å². The van der Waals surface area contributed by atoms with Crippen LogP contribution >= 0.6 is 11.8 Å². The summed E-state index contributed by atoms with van der Waals surface area (Å²) in [6.45, 7) is 7.72. The zero-order valence-electron chi connectivity index (χ0n) is 18.5. The molecule has 7 nitrogen and oxygen atoms in total. The van der Waals surface area contributed by atoms with Crippen molar-refractivity contribution in [3.05, 3.63) is 71.2 Å². The van der Waals surface area contributed by atoms with E-state index in [-0.39, 0.29) is 24.4 Å². The standard InChI is InChI=1S/C25H25NO6S/c1-4-10-18-13-17(14-20(30-5-2)23(18)32-16-22(27)31-6-3)15-21-24(28)26(25(29)33-21)19-11-8-7-9-12-19/h4,7-9,11-15H,1,5-6,10,16H2,2-3H3/b21-15-. The highest BCUT2D eigenvalue weighted by atomic mass is 32.2. The lowest BCUT2D eigenvalue weighted by molar-refractivity contribution is -0.145. The zero-order valence-corrected chi connectivity index (χ0v) is 19.4. The number of hydrogen-bond acceptors (Lipinski definition) is 7. The van der Waals surface area contributed by atoms with E-state index in [0.717, 1.165) is 22.2 Å². The molecule has 0 bridgehead atoms. The normalized spacial score (nSPS) is 14.5. The Bertz CT molecular complexity index is 1080. The zero-order chi connectivity index (χ0) is 23.8. The van der Waals surface area contributed by atoms with Gasteiger partial charge in [0, 0.05) is 5.56 Å². The van der Waals surface area contributed by atoms with Crippen LogP contribution in [0.3, 0.4) is 0 Å². The molecule has 2 amide bonds. The van der Waals surface area contributed by atoms with Crippen molar-refractivity contribution < 1.29 is 28.6 Å². The third-order valence-electron chi connectivity index (χ3n) is 4.56. The Morgan fingerprint density at radius 2 is 1.85 bits per heavy atom. The third-order valence-corrected chi connectivity index (χ3v) is 5.43. The van der Waals surface area contributed by atoms with Crippen molar-refractivity contribution in [1.29, 1.82) is 0 Å². The van der Waals surface area contributed by atoms with E-state index in [0.29, 0.717) is 40.7 Å². The first-order valence-corrected chi connectivity index (χ1v) is 11.3. The Labute approximate surface area is 197 Å². The minimum absolute atomic E-state index is 0.257. The third kappa shape index (κ3) is 5.84. The molecule has 0 saturated carbocycles. The lowest BCUT2D eigenvalue weighted by Crippen LogP contribution is -2.27. The van der Waals surface area contributed by atoms with Crippen molar-refractivity contribution in [2.24, 2.45) is 0 Å². The van der Waals surface area contributed by atoms with Crippen molar-refractivity contribution in [3.63, 3.8) is 0 Å². The van der Waals surface area contributed by atoms with Gasteiger partial charge in [-0.2, -0.15) is 0 Å². The van der Waals surface area contributed by atoms with Gasteiger partial charge in [0.1, 0.15) is 0 Å². The number of para-hydroxylation sites is 1. The fourth-order valence-corrected chi connectivity index (χ4v) is 4.09. The summed E-state index contributed by atoms with van der Waals surface area (Å²) in [6, 6.07) is 12.3. The molecular weight excluding hydrogens is 442 g/mol. The van der Waals surface area contributed by atoms with E-state index in [1.165, 1.54) is 0 Å². The molecular formula is C25H25NO6S. The summed E-state index contributed by atoms with van der Waals surface area (Å²) in [5, 5.41) is -0.358. The molecule has 1 saturated heterocycles. The maximum absolute atomic E-state index is 12.9. The number of amides is 2. The van der Waals surface area contributed by atoms with Crippen LogP contribution in [-0.4, -0.2) is 36.9 Å². The van der Waals surface area contributed by atoms with E-state index in [9.17, 15) is 14.4 Å². The number of carbonyl (C=O) groups excluding carboxylic acids is 3. The van der Waals surface area contributed by atoms with Crippen LogP contribution < -0.4 is 14.4 Å². The summed E-state index contributed by atoms with van der Waals surface area (Å²) >= 11 is 0.879. The van der Waals surface area contributed by atoms with Crippen LogP contribution in [0.4, 0.5) is 10.5 Å². The molecule has 1 heterocycles. The van der Waals surface area contributed by atoms with Crippen LogP contribution in [-0.2, 0) is 20.7 Å². The van der Waals surface area contributed by atoms with Crippen molar-refractivity contribution in [3.8, 4) is 11.5 Å². The van der Waals surface area contributed by atoms with E-state index in [1.807, 2.05) is 19.1 Å². The molecule has 0 spiro atoms. The van der Waals surface area contributed by atoms with Crippen molar-refractivity contribution in [1.82, 2.24) is 0 Å². The number of nitrogens with zero attached hydrogens (tertiary/aromatic N) is 1. The van der Waals surface area contributed by atoms with Gasteiger partial charge in [-0.1, -0.05) is 24.3 Å². The van der Waals surface area contributed by atoms with Crippen LogP contribution in [0, 0.1) is 0 Å². The fourth-order valence-electron chi connectivity index (χ4n) is 3.25. The predicted octanol–water partition coefficient (Wildman–Crippen LogP) is 5.00. The second-order valence-electron chi connectivity index (χ2n) is 6.88. The average molecular weight is 468 g/mol. The van der Waals surface area contributed by atoms with Gasteiger partial charge in [-0.3, -0.25) is 9.59 Å². The number of allylic oxidation sites excluding steroid dienone is 1. The van der Waals surface area contributed by atoms with E-state index in [2.05, 4.69) is 6.58 Å². The summed E-state index contributed by atoms with van der Waals surface area (Å²) in [4.78, 5) is 38.7. The van der Waals surface area contributed by atoms with Crippen LogP contribution in [0.2, 0.25) is 0 Å². The van der Waals surface area contributed by atoms with Gasteiger partial charge in [-0.05, 0) is 67.9 Å². The first-order valence-electron chi connectivity index (χ1n) is 10.5. The van der Waals surface area contributed by atoms with Crippen LogP contribution in [0.15, 0.2) is 60.0 Å². The number of benzene rings is 2. The van der Waals surface area contributed by atoms with E-state index in [1.54, 1.807) is 49.4 Å². The number of thioether (sulfide) groups is 1. The highest BCUT2D eigenvalue weighted by Gasteiger charge is 2.36. The van der Waals surface area contributed by atoms with Gasteiger partial charge < -0.3 is 14.2 Å². The van der Waals surface area contributed by atoms with Gasteiger partial charge >= 0.3 is 5.97 Å². The van der Waals surface area contributed by atoms with Crippen molar-refractivity contribution >= 4 is 40.6 Å². The quantitative estimate of drug-likeness (QED) is 0.276. The number of esters is 1. The molecule has 0 aromatic heterocycles. The summed E-state index contributed by atoms with van der Waals surface area (Å²) in [5.41, 5.74) is 1.92. The molecule has 1 fully saturated rings. The highest BCUT2D eigenvalue weighted by molar-refractivity contribution is 8.19. The Kier molecular flexibility index (Phi) is 8.32. The summed E-state index contributed by atoms with van der Waals surface area (Å²) < 4.78 is 16.4. The van der Waals surface area contributed by atoms with Gasteiger partial charge in [0.2, 0.25) is 0 Å². The van der Waals surface area contributed by atoms with Gasteiger partial charge in [0.25, 0.3) is 11.1 Å². The molecule has 0 unspecified atom stereocenters. The molecule has 2 aromatic rings. The lowest BCUT2D eigenvalue weighted by atomic mass is 10.0. The number of carbonyl (C=O) groups is 3. The molecule has 0 aliphatic carbocycles. The van der Waals surface area contributed by atoms with Crippen LogP contribution in [0.25, 0.3) is 6.08 Å². The second-order valence-corrected chi connectivity index (χ2v) is 7.87. The number of hydrogen-bond donors (Lipinski definition) is 0. The Morgan fingerprint density at radius 1 is 1.09 bits per heavy atom. The Morgan fingerprint density at radius 3 is 2.52 bits per heavy atom. The van der Waals surface area contributed by atoms with Gasteiger partial charge in [0.15, 0.2) is 18.1 Å². The molecule has 172 valence electrons. The molecule has 1 aliphatic heterocycles. The van der Waals surface area contributed by atoms with Crippen LogP contribution in [0.5, 0.6) is 11.5 Å². The summed E-state index contributed by atoms with van der Waals surface area (Å²) in [7, 11) is 0. The highest BCUT2D eigenvalue weighted by Crippen LogP contribution is 2.38. The van der Waals surface area contributed by atoms with Crippen molar-refractivity contribution in [2.75, 3.05) is 24.7 Å². The fraction of sp³-hybridized carbons (Fsp3) is 0.240. The lowest BCUT2D eigenvalue weighted by Gasteiger charge is -2.16. The minimum Gasteiger partial charge on any atom is -0.490 e. The average Bonchev–Trinajstić information content (AvgIpc) is 3.07. The second kappa shape index (κ2) is 11.4. The molecule has 8 heteroatoms. The van der Waals surface area contributed by atoms with Gasteiger partial charge in [0.05, 0.1) is 23.8 Å². The number of rotatable bonds is 10. The predicted molar refractivity (Wildman–Crippen MR) is 129 cm³/mol. The SMILES string of the molecule is C=CCc1cc(/C=C2\SC(=O)N(c3ccccc3)C2=O)cc(OCC)c1OCC(=O)OCC. The molecule has 0 N–H and O–H groups in total. The topological polar surface area (TPSA) is 82.1 Å². The van der Waals surface area contributed by atoms with Gasteiger partial charge in [-0.15, -0.1) is 6.58 Å². The number of anilines is 1. The molecule has 0 atom stereocenters. The Balaban J connectivity index is 1.95. The molecule has 3 rings (SSSR count). The number of ether oxygens (including phenoxy) is 3. The summed E-state index contributed by atoms with van der Waals surface area (Å²) in [6.07, 6.45) is 3.80. The van der Waals surface area contributed by atoms with Gasteiger partial charge in [-0.25, -0.2) is 9.69 Å². The monoisotopic (exact) mass is 467 g/mol. The minimum atomic E-state index is -0.483. The summed E-state index contributed by atoms with van der Waals surface area (Å²) in [5.74, 6) is -0.0285. The maximum Gasteiger partial charge on any atom is 0.344 e. The smallest absolute Gasteiger partial charge is 0.344 e. The largest absolute Gasteiger partial charge is 0.490 e. The molecule has 0 radical (unpaired) electrons. The molecule has 2 aromatic carbocycles. The van der Waals surface area contributed by atoms with Crippen molar-refractivity contribution in [2.45, 2.75) is 20.3 Å².